The predicted molar refractivity (Wildman–Crippen MR) is 94.3 cm³/mol. The van der Waals surface area contributed by atoms with Crippen LogP contribution < -0.4 is 0 Å². The van der Waals surface area contributed by atoms with E-state index in [9.17, 15) is 15.3 Å². The summed E-state index contributed by atoms with van der Waals surface area (Å²) in [5, 5.41) is 31.3. The Labute approximate surface area is 151 Å². The normalized spacial score (nSPS) is 15.0. The van der Waals surface area contributed by atoms with Crippen molar-refractivity contribution in [3.05, 3.63) is 69.7 Å². The second kappa shape index (κ2) is 9.37. The van der Waals surface area contributed by atoms with Gasteiger partial charge in [-0.3, -0.25) is 0 Å². The van der Waals surface area contributed by atoms with Gasteiger partial charge in [-0.25, -0.2) is 0 Å². The van der Waals surface area contributed by atoms with Crippen molar-refractivity contribution in [2.45, 2.75) is 31.3 Å². The molecule has 24 heavy (non-hydrogen) atoms. The van der Waals surface area contributed by atoms with E-state index in [1.165, 1.54) is 0 Å². The average Bonchev–Trinajstić information content (AvgIpc) is 2.58. The second-order valence-corrected chi connectivity index (χ2v) is 6.47. The smallest absolute Gasteiger partial charge is 0.108 e. The van der Waals surface area contributed by atoms with Crippen LogP contribution in [0.5, 0.6) is 0 Å². The van der Waals surface area contributed by atoms with E-state index in [0.717, 1.165) is 11.1 Å². The molecular weight excluding hydrogens is 351 g/mol. The first-order valence-electron chi connectivity index (χ1n) is 7.56. The van der Waals surface area contributed by atoms with Crippen LogP contribution in [0.1, 0.15) is 11.1 Å². The summed E-state index contributed by atoms with van der Waals surface area (Å²) in [5.74, 6) is 0. The number of benzene rings is 2. The lowest BCUT2D eigenvalue weighted by Crippen LogP contribution is -2.41. The van der Waals surface area contributed by atoms with Gasteiger partial charge in [0.15, 0.2) is 0 Å². The number of ether oxygens (including phenoxy) is 1. The maximum atomic E-state index is 10.0. The SMILES string of the molecule is O[C@@H]([C@H](O)COCc1ccc(Cl)cc1)[C@@H](O)Cc1ccc(Cl)cc1. The van der Waals surface area contributed by atoms with Gasteiger partial charge in [-0.1, -0.05) is 47.5 Å². The van der Waals surface area contributed by atoms with Gasteiger partial charge < -0.3 is 20.1 Å². The minimum absolute atomic E-state index is 0.0819. The highest BCUT2D eigenvalue weighted by Gasteiger charge is 2.25. The van der Waals surface area contributed by atoms with Gasteiger partial charge in [-0.2, -0.15) is 0 Å². The van der Waals surface area contributed by atoms with Gasteiger partial charge in [0, 0.05) is 16.5 Å². The standard InChI is InChI=1S/C18H20Cl2O4/c19-14-5-1-12(2-6-14)9-16(21)18(23)17(22)11-24-10-13-3-7-15(20)8-4-13/h1-8,16-18,21-23H,9-11H2/t16-,17+,18+/m0/s1. The van der Waals surface area contributed by atoms with Crippen LogP contribution in [0.25, 0.3) is 0 Å². The third-order valence-electron chi connectivity index (χ3n) is 3.62. The molecule has 0 saturated carbocycles. The van der Waals surface area contributed by atoms with Crippen LogP contribution in [0, 0.1) is 0 Å². The van der Waals surface area contributed by atoms with Gasteiger partial charge in [0.1, 0.15) is 12.2 Å². The molecule has 0 bridgehead atoms. The van der Waals surface area contributed by atoms with Crippen molar-refractivity contribution in [3.63, 3.8) is 0 Å². The Bertz CT molecular complexity index is 616. The predicted octanol–water partition coefficient (Wildman–Crippen LogP) is 2.84. The number of hydrogen-bond donors (Lipinski definition) is 3. The summed E-state index contributed by atoms with van der Waals surface area (Å²) in [4.78, 5) is 0. The molecule has 3 N–H and O–H groups in total. The van der Waals surface area contributed by atoms with E-state index in [1.807, 2.05) is 12.1 Å². The fraction of sp³-hybridized carbons (Fsp3) is 0.333. The average molecular weight is 371 g/mol. The summed E-state index contributed by atoms with van der Waals surface area (Å²) in [6.45, 7) is 0.204. The van der Waals surface area contributed by atoms with Crippen LogP contribution in [0.3, 0.4) is 0 Å². The summed E-state index contributed by atoms with van der Waals surface area (Å²) in [7, 11) is 0. The highest BCUT2D eigenvalue weighted by Crippen LogP contribution is 2.14. The molecule has 0 aliphatic carbocycles. The van der Waals surface area contributed by atoms with Crippen molar-refractivity contribution < 1.29 is 20.1 Å². The zero-order valence-corrected chi connectivity index (χ0v) is 14.5. The summed E-state index contributed by atoms with van der Waals surface area (Å²) < 4.78 is 5.38. The molecule has 2 aromatic rings. The number of aliphatic hydroxyl groups is 3. The highest BCUT2D eigenvalue weighted by molar-refractivity contribution is 6.30. The first kappa shape index (κ1) is 19.2. The van der Waals surface area contributed by atoms with E-state index in [4.69, 9.17) is 27.9 Å². The lowest BCUT2D eigenvalue weighted by Gasteiger charge is -2.23. The van der Waals surface area contributed by atoms with Crippen LogP contribution in [0.15, 0.2) is 48.5 Å². The molecule has 0 aliphatic rings. The van der Waals surface area contributed by atoms with Gasteiger partial charge >= 0.3 is 0 Å². The number of halogens is 2. The van der Waals surface area contributed by atoms with Gasteiger partial charge in [-0.15, -0.1) is 0 Å². The molecule has 0 aliphatic heterocycles. The van der Waals surface area contributed by atoms with Crippen molar-refractivity contribution >= 4 is 23.2 Å². The maximum absolute atomic E-state index is 10.0. The Morgan fingerprint density at radius 2 is 1.25 bits per heavy atom. The third kappa shape index (κ3) is 6.06. The van der Waals surface area contributed by atoms with Crippen molar-refractivity contribution in [2.75, 3.05) is 6.61 Å². The Morgan fingerprint density at radius 3 is 1.79 bits per heavy atom. The molecule has 0 heterocycles. The molecule has 0 amide bonds. The van der Waals surface area contributed by atoms with E-state index in [1.54, 1.807) is 36.4 Å². The first-order valence-corrected chi connectivity index (χ1v) is 8.32. The van der Waals surface area contributed by atoms with Crippen LogP contribution in [0.4, 0.5) is 0 Å². The molecule has 2 rings (SSSR count). The molecule has 0 radical (unpaired) electrons. The van der Waals surface area contributed by atoms with Crippen molar-refractivity contribution in [1.82, 2.24) is 0 Å². The summed E-state index contributed by atoms with van der Waals surface area (Å²) in [6.07, 6.45) is -3.36. The van der Waals surface area contributed by atoms with E-state index in [0.29, 0.717) is 10.0 Å². The molecule has 3 atom stereocenters. The quantitative estimate of drug-likeness (QED) is 0.668. The molecule has 0 unspecified atom stereocenters. The second-order valence-electron chi connectivity index (χ2n) is 5.60. The van der Waals surface area contributed by atoms with Gasteiger partial charge in [-0.05, 0) is 35.4 Å². The largest absolute Gasteiger partial charge is 0.390 e. The zero-order chi connectivity index (χ0) is 17.5. The Kier molecular flexibility index (Phi) is 7.49. The fourth-order valence-corrected chi connectivity index (χ4v) is 2.47. The molecule has 2 aromatic carbocycles. The third-order valence-corrected chi connectivity index (χ3v) is 4.12. The van der Waals surface area contributed by atoms with Crippen LogP contribution >= 0.6 is 23.2 Å². The lowest BCUT2D eigenvalue weighted by atomic mass is 10.0. The van der Waals surface area contributed by atoms with E-state index in [2.05, 4.69) is 0 Å². The Hall–Kier alpha value is -1.14. The maximum Gasteiger partial charge on any atom is 0.108 e. The zero-order valence-electron chi connectivity index (χ0n) is 13.0. The van der Waals surface area contributed by atoms with E-state index < -0.39 is 18.3 Å². The number of rotatable bonds is 8. The van der Waals surface area contributed by atoms with Crippen molar-refractivity contribution in [1.29, 1.82) is 0 Å². The number of aliphatic hydroxyl groups excluding tert-OH is 3. The molecule has 0 fully saturated rings. The molecule has 0 saturated heterocycles. The summed E-state index contributed by atoms with van der Waals surface area (Å²) >= 11 is 11.6. The molecule has 0 spiro atoms. The minimum Gasteiger partial charge on any atom is -0.390 e. The van der Waals surface area contributed by atoms with Gasteiger partial charge in [0.25, 0.3) is 0 Å². The molecular formula is C18H20Cl2O4. The highest BCUT2D eigenvalue weighted by atomic mass is 35.5. The van der Waals surface area contributed by atoms with Crippen molar-refractivity contribution in [2.24, 2.45) is 0 Å². The lowest BCUT2D eigenvalue weighted by molar-refractivity contribution is -0.0896. The molecule has 4 nitrogen and oxygen atoms in total. The van der Waals surface area contributed by atoms with E-state index >= 15 is 0 Å². The Balaban J connectivity index is 1.76. The van der Waals surface area contributed by atoms with E-state index in [-0.39, 0.29) is 19.6 Å². The van der Waals surface area contributed by atoms with Gasteiger partial charge in [0.2, 0.25) is 0 Å². The van der Waals surface area contributed by atoms with Crippen LogP contribution in [0.2, 0.25) is 10.0 Å². The van der Waals surface area contributed by atoms with Crippen molar-refractivity contribution in [3.8, 4) is 0 Å². The minimum atomic E-state index is -1.30. The Morgan fingerprint density at radius 1 is 0.750 bits per heavy atom. The molecule has 0 aromatic heterocycles. The first-order chi connectivity index (χ1) is 11.5. The summed E-state index contributed by atoms with van der Waals surface area (Å²) in [5.41, 5.74) is 1.73. The summed E-state index contributed by atoms with van der Waals surface area (Å²) in [6, 6.07) is 14.1. The number of hydrogen-bond acceptors (Lipinski definition) is 4. The van der Waals surface area contributed by atoms with Gasteiger partial charge in [0.05, 0.1) is 19.3 Å². The monoisotopic (exact) mass is 370 g/mol. The molecule has 130 valence electrons. The fourth-order valence-electron chi connectivity index (χ4n) is 2.22. The van der Waals surface area contributed by atoms with Crippen LogP contribution in [-0.4, -0.2) is 40.2 Å². The van der Waals surface area contributed by atoms with Crippen LogP contribution in [-0.2, 0) is 17.8 Å². The molecule has 6 heteroatoms. The topological polar surface area (TPSA) is 69.9 Å².